The second kappa shape index (κ2) is 76.1. The highest BCUT2D eigenvalue weighted by Crippen LogP contribution is 2.21. The van der Waals surface area contributed by atoms with Crippen LogP contribution in [0.4, 0.5) is 0 Å². The van der Waals surface area contributed by atoms with Gasteiger partial charge < -0.3 is 15.5 Å². The van der Waals surface area contributed by atoms with Crippen molar-refractivity contribution < 1.29 is 15.0 Å². The van der Waals surface area contributed by atoms with E-state index in [1.165, 1.54) is 411 Å². The topological polar surface area (TPSA) is 69.6 Å². The summed E-state index contributed by atoms with van der Waals surface area (Å²) < 4.78 is 0. The molecule has 0 fully saturated rings. The second-order valence-electron chi connectivity index (χ2n) is 27.5. The number of carbonyl (C=O) groups excluding carboxylic acids is 1. The average molecular weight is 1180 g/mol. The van der Waals surface area contributed by atoms with Crippen molar-refractivity contribution in [1.29, 1.82) is 0 Å². The average Bonchev–Trinajstić information content (AvgIpc) is 3.50. The molecule has 84 heavy (non-hydrogen) atoms. The number of rotatable bonds is 75. The molecule has 0 aromatic rings. The first-order valence-corrected chi connectivity index (χ1v) is 39.6. The molecular formula is C80H157NO3. The zero-order chi connectivity index (χ0) is 60.5. The Hall–Kier alpha value is -1.13. The van der Waals surface area contributed by atoms with Gasteiger partial charge in [-0.25, -0.2) is 0 Å². The summed E-state index contributed by atoms with van der Waals surface area (Å²) in [5, 5.41) is 23.3. The van der Waals surface area contributed by atoms with Crippen molar-refractivity contribution in [3.8, 4) is 0 Å². The number of hydrogen-bond donors (Lipinski definition) is 3. The van der Waals surface area contributed by atoms with Gasteiger partial charge in [-0.15, -0.1) is 0 Å². The van der Waals surface area contributed by atoms with Crippen LogP contribution in [0.3, 0.4) is 0 Å². The van der Waals surface area contributed by atoms with Crippen LogP contribution in [0.2, 0.25) is 0 Å². The Morgan fingerprint density at radius 2 is 0.464 bits per heavy atom. The number of aliphatic hydroxyl groups excluding tert-OH is 2. The Bertz CT molecular complexity index is 1250. The van der Waals surface area contributed by atoms with E-state index < -0.39 is 12.1 Å². The summed E-state index contributed by atoms with van der Waals surface area (Å²) in [5.74, 6) is -0.0628. The molecule has 0 saturated carbocycles. The van der Waals surface area contributed by atoms with Crippen LogP contribution in [0.5, 0.6) is 0 Å². The third kappa shape index (κ3) is 71.6. The Morgan fingerprint density at radius 1 is 0.274 bits per heavy atom. The highest BCUT2D eigenvalue weighted by Gasteiger charge is 2.18. The normalized spacial score (nSPS) is 12.7. The molecule has 1 amide bonds. The van der Waals surface area contributed by atoms with Gasteiger partial charge in [-0.2, -0.15) is 0 Å². The SMILES string of the molecule is CCCCCCCCCCCCCCCCCCCCCCCCCCCC/C=C/CC/C=C/C(O)C(CO)NC(=O)CCCCCCCCCCCCCCCCCCCCCCCCCCCCCCCCCCCCCCCCCC. The number of aliphatic hydroxyl groups is 2. The Kier molecular flexibility index (Phi) is 75.1. The smallest absolute Gasteiger partial charge is 0.220 e. The van der Waals surface area contributed by atoms with E-state index >= 15 is 0 Å². The third-order valence-electron chi connectivity index (χ3n) is 18.9. The number of hydrogen-bond acceptors (Lipinski definition) is 3. The molecule has 0 bridgehead atoms. The van der Waals surface area contributed by atoms with Crippen molar-refractivity contribution in [2.75, 3.05) is 6.61 Å². The van der Waals surface area contributed by atoms with Gasteiger partial charge in [0.2, 0.25) is 5.91 Å². The number of allylic oxidation sites excluding steroid dienone is 3. The lowest BCUT2D eigenvalue weighted by Crippen LogP contribution is -2.45. The minimum absolute atomic E-state index is 0.0628. The molecule has 3 N–H and O–H groups in total. The van der Waals surface area contributed by atoms with Crippen LogP contribution in [0, 0.1) is 0 Å². The van der Waals surface area contributed by atoms with Crippen LogP contribution in [-0.2, 0) is 4.79 Å². The van der Waals surface area contributed by atoms with Crippen molar-refractivity contribution in [2.45, 2.75) is 475 Å². The van der Waals surface area contributed by atoms with Gasteiger partial charge in [0.05, 0.1) is 18.8 Å². The van der Waals surface area contributed by atoms with Crippen molar-refractivity contribution in [3.63, 3.8) is 0 Å². The number of unbranched alkanes of at least 4 members (excludes halogenated alkanes) is 66. The molecule has 0 aliphatic rings. The van der Waals surface area contributed by atoms with Gasteiger partial charge >= 0.3 is 0 Å². The lowest BCUT2D eigenvalue weighted by atomic mass is 10.0. The molecule has 0 aromatic heterocycles. The predicted molar refractivity (Wildman–Crippen MR) is 378 cm³/mol. The molecule has 500 valence electrons. The van der Waals surface area contributed by atoms with Gasteiger partial charge in [-0.05, 0) is 32.1 Å². The summed E-state index contributed by atoms with van der Waals surface area (Å²) in [4.78, 5) is 12.6. The van der Waals surface area contributed by atoms with Crippen LogP contribution in [0.25, 0.3) is 0 Å². The zero-order valence-electron chi connectivity index (χ0n) is 58.0. The van der Waals surface area contributed by atoms with E-state index in [1.54, 1.807) is 6.08 Å². The Labute approximate surface area is 529 Å². The van der Waals surface area contributed by atoms with Crippen LogP contribution >= 0.6 is 0 Å². The van der Waals surface area contributed by atoms with Gasteiger partial charge in [0.1, 0.15) is 0 Å². The first-order chi connectivity index (χ1) is 41.7. The molecule has 0 aliphatic heterocycles. The van der Waals surface area contributed by atoms with E-state index in [0.29, 0.717) is 6.42 Å². The molecule has 0 aromatic carbocycles. The highest BCUT2D eigenvalue weighted by molar-refractivity contribution is 5.76. The van der Waals surface area contributed by atoms with Crippen LogP contribution < -0.4 is 5.32 Å². The van der Waals surface area contributed by atoms with E-state index in [1.807, 2.05) is 6.08 Å². The summed E-state index contributed by atoms with van der Waals surface area (Å²) >= 11 is 0. The quantitative estimate of drug-likeness (QED) is 0.0420. The molecule has 0 spiro atoms. The fraction of sp³-hybridized carbons (Fsp3) is 0.938. The van der Waals surface area contributed by atoms with E-state index in [-0.39, 0.29) is 12.5 Å². The lowest BCUT2D eigenvalue weighted by Gasteiger charge is -2.19. The summed E-state index contributed by atoms with van der Waals surface area (Å²) in [5.41, 5.74) is 0. The zero-order valence-corrected chi connectivity index (χ0v) is 58.0. The maximum absolute atomic E-state index is 12.6. The monoisotopic (exact) mass is 1180 g/mol. The third-order valence-corrected chi connectivity index (χ3v) is 18.9. The molecule has 0 aliphatic carbocycles. The van der Waals surface area contributed by atoms with Crippen LogP contribution in [0.1, 0.15) is 463 Å². The van der Waals surface area contributed by atoms with E-state index in [2.05, 4.69) is 31.3 Å². The molecule has 2 atom stereocenters. The molecule has 0 heterocycles. The van der Waals surface area contributed by atoms with Gasteiger partial charge in [-0.1, -0.05) is 449 Å². The minimum atomic E-state index is -0.862. The van der Waals surface area contributed by atoms with Crippen molar-refractivity contribution >= 4 is 5.91 Å². The molecule has 0 radical (unpaired) electrons. The maximum Gasteiger partial charge on any atom is 0.220 e. The Balaban J connectivity index is 3.39. The van der Waals surface area contributed by atoms with Gasteiger partial charge in [-0.3, -0.25) is 4.79 Å². The molecule has 2 unspecified atom stereocenters. The van der Waals surface area contributed by atoms with Gasteiger partial charge in [0, 0.05) is 6.42 Å². The molecule has 4 nitrogen and oxygen atoms in total. The molecule has 0 saturated heterocycles. The fourth-order valence-electron chi connectivity index (χ4n) is 13.0. The van der Waals surface area contributed by atoms with Crippen molar-refractivity contribution in [2.24, 2.45) is 0 Å². The number of nitrogens with one attached hydrogen (secondary N) is 1. The maximum atomic E-state index is 12.6. The summed E-state index contributed by atoms with van der Waals surface area (Å²) in [6, 6.07) is -0.639. The first kappa shape index (κ1) is 82.9. The fourth-order valence-corrected chi connectivity index (χ4v) is 13.0. The largest absolute Gasteiger partial charge is 0.394 e. The van der Waals surface area contributed by atoms with Crippen molar-refractivity contribution in [3.05, 3.63) is 24.3 Å². The van der Waals surface area contributed by atoms with Crippen molar-refractivity contribution in [1.82, 2.24) is 5.32 Å². The first-order valence-electron chi connectivity index (χ1n) is 39.6. The van der Waals surface area contributed by atoms with Gasteiger partial charge in [0.15, 0.2) is 0 Å². The van der Waals surface area contributed by atoms with E-state index in [4.69, 9.17) is 0 Å². The summed E-state index contributed by atoms with van der Waals surface area (Å²) in [7, 11) is 0. The number of carbonyl (C=O) groups is 1. The van der Waals surface area contributed by atoms with E-state index in [9.17, 15) is 15.0 Å². The van der Waals surface area contributed by atoms with Crippen LogP contribution in [0.15, 0.2) is 24.3 Å². The lowest BCUT2D eigenvalue weighted by molar-refractivity contribution is -0.123. The van der Waals surface area contributed by atoms with Gasteiger partial charge in [0.25, 0.3) is 0 Å². The second-order valence-corrected chi connectivity index (χ2v) is 27.5. The minimum Gasteiger partial charge on any atom is -0.394 e. The predicted octanol–water partition coefficient (Wildman–Crippen LogP) is 27.3. The summed E-state index contributed by atoms with van der Waals surface area (Å²) in [6.07, 6.45) is 105. The Morgan fingerprint density at radius 3 is 0.690 bits per heavy atom. The molecule has 4 heteroatoms. The molecule has 0 rings (SSSR count). The standard InChI is InChI=1S/C80H157NO3/c1-3-5-7-9-11-13-15-17-19-21-23-25-27-29-31-33-35-37-38-39-40-41-42-43-44-46-48-50-52-54-56-58-60-62-64-66-68-70-72-74-76-80(84)81-78(77-82)79(83)75-73-71-69-67-65-63-61-59-57-55-53-51-49-47-45-36-34-32-30-28-26-24-22-20-18-16-14-12-10-8-6-4-2/h65,67,73,75,78-79,82-83H,3-64,66,68-72,74,76-77H2,1-2H3,(H,81,84)/b67-65+,75-73+. The summed E-state index contributed by atoms with van der Waals surface area (Å²) in [6.45, 7) is 4.36. The molecular weight excluding hydrogens is 1020 g/mol. The van der Waals surface area contributed by atoms with Crippen LogP contribution in [-0.4, -0.2) is 34.9 Å². The highest BCUT2D eigenvalue weighted by atomic mass is 16.3. The van der Waals surface area contributed by atoms with E-state index in [0.717, 1.165) is 32.1 Å². The number of amides is 1.